The van der Waals surface area contributed by atoms with Crippen LogP contribution in [-0.4, -0.2) is 83.2 Å². The molecule has 3 aliphatic heterocycles. The Labute approximate surface area is 263 Å². The van der Waals surface area contributed by atoms with E-state index in [1.165, 1.54) is 23.1 Å². The molecule has 1 saturated carbocycles. The summed E-state index contributed by atoms with van der Waals surface area (Å²) in [5.41, 5.74) is 3.34. The SMILES string of the molecule is [2H]C([2H])(Oc1nc(N2CCOC[C@H]3[C@H](F)[C@H]32)c2c(F)nc(-c3cc(N)cc4ccc(F)c(C#C)c34)c(F)c2n1)[C@@]12CCCN1C[C@H](F)C2. The third-order valence-corrected chi connectivity index (χ3v) is 9.58. The summed E-state index contributed by atoms with van der Waals surface area (Å²) in [5.74, 6) is -1.72. The predicted octanol–water partition coefficient (Wildman–Crippen LogP) is 4.95. The molecule has 4 aromatic rings. The van der Waals surface area contributed by atoms with Gasteiger partial charge in [0, 0.05) is 42.1 Å². The van der Waals surface area contributed by atoms with Crippen LogP contribution >= 0.6 is 0 Å². The molecule has 5 heterocycles. The average molecular weight is 639 g/mol. The summed E-state index contributed by atoms with van der Waals surface area (Å²) >= 11 is 0. The average Bonchev–Trinajstić information content (AvgIpc) is 3.40. The Hall–Kier alpha value is -4.28. The van der Waals surface area contributed by atoms with E-state index in [1.54, 1.807) is 4.90 Å². The van der Waals surface area contributed by atoms with Gasteiger partial charge in [0.25, 0.3) is 0 Å². The van der Waals surface area contributed by atoms with Gasteiger partial charge in [-0.05, 0) is 43.0 Å². The maximum Gasteiger partial charge on any atom is 0.319 e. The van der Waals surface area contributed by atoms with Crippen LogP contribution in [0.2, 0.25) is 0 Å². The zero-order valence-electron chi connectivity index (χ0n) is 26.4. The highest BCUT2D eigenvalue weighted by Gasteiger charge is 2.57. The van der Waals surface area contributed by atoms with Crippen molar-refractivity contribution in [3.05, 3.63) is 47.4 Å². The Morgan fingerprint density at radius 3 is 2.83 bits per heavy atom. The van der Waals surface area contributed by atoms with Crippen LogP contribution in [0.3, 0.4) is 0 Å². The quantitative estimate of drug-likeness (QED) is 0.142. The first-order chi connectivity index (χ1) is 22.9. The lowest BCUT2D eigenvalue weighted by atomic mass is 9.95. The fraction of sp³-hybridized carbons (Fsp3) is 0.424. The lowest BCUT2D eigenvalue weighted by Gasteiger charge is -2.31. The summed E-state index contributed by atoms with van der Waals surface area (Å²) in [5, 5.41) is -0.0824. The number of rotatable bonds is 5. The number of anilines is 2. The van der Waals surface area contributed by atoms with E-state index in [9.17, 15) is 13.2 Å². The number of ether oxygens (including phenoxy) is 2. The molecule has 0 bridgehead atoms. The molecule has 46 heavy (non-hydrogen) atoms. The third kappa shape index (κ3) is 4.45. The molecule has 4 fully saturated rings. The smallest absolute Gasteiger partial charge is 0.319 e. The molecule has 1 aliphatic carbocycles. The maximum absolute atomic E-state index is 16.9. The lowest BCUT2D eigenvalue weighted by Crippen LogP contribution is -2.43. The van der Waals surface area contributed by atoms with Gasteiger partial charge in [-0.25, -0.2) is 22.5 Å². The number of nitrogens with two attached hydrogens (primary N) is 1. The molecule has 2 aromatic heterocycles. The van der Waals surface area contributed by atoms with Crippen molar-refractivity contribution in [3.63, 3.8) is 0 Å². The fourth-order valence-electron chi connectivity index (χ4n) is 7.40. The maximum atomic E-state index is 16.9. The minimum Gasteiger partial charge on any atom is -0.461 e. The van der Waals surface area contributed by atoms with Crippen molar-refractivity contribution in [2.24, 2.45) is 5.92 Å². The molecule has 3 saturated heterocycles. The van der Waals surface area contributed by atoms with E-state index < -0.39 is 76.6 Å². The first-order valence-corrected chi connectivity index (χ1v) is 15.1. The molecule has 2 N–H and O–H groups in total. The van der Waals surface area contributed by atoms with Gasteiger partial charge in [0.2, 0.25) is 5.95 Å². The molecule has 8 nitrogen and oxygen atoms in total. The van der Waals surface area contributed by atoms with Crippen molar-refractivity contribution in [1.29, 1.82) is 0 Å². The van der Waals surface area contributed by atoms with Crippen LogP contribution in [0, 0.1) is 35.8 Å². The van der Waals surface area contributed by atoms with E-state index in [-0.39, 0.29) is 60.7 Å². The number of alkyl halides is 2. The summed E-state index contributed by atoms with van der Waals surface area (Å²) in [4.78, 5) is 15.6. The number of nitrogens with zero attached hydrogens (tertiary/aromatic N) is 5. The standard InChI is InChI=1S/C33H29F5N6O2/c1-2-19-22(35)5-4-16-10-18(39)11-20(23(16)19)27-26(37)28-24(30(38)40-27)31(44-8-9-45-14-21-25(36)29(21)44)42-32(41-28)46-15-33-6-3-7-43(33)13-17(34)12-33/h1,4-5,10-11,17,21,25,29H,3,6-9,12-15,39H2/t17-,21+,25+,29+,33+/m1/s1/i15D2. The van der Waals surface area contributed by atoms with Gasteiger partial charge in [0.1, 0.15) is 47.1 Å². The van der Waals surface area contributed by atoms with Crippen LogP contribution < -0.4 is 15.4 Å². The number of hydrogen-bond acceptors (Lipinski definition) is 8. The lowest BCUT2D eigenvalue weighted by molar-refractivity contribution is 0.107. The minimum absolute atomic E-state index is 0.0324. The van der Waals surface area contributed by atoms with Gasteiger partial charge in [0.05, 0.1) is 33.1 Å². The van der Waals surface area contributed by atoms with Crippen LogP contribution in [0.25, 0.3) is 32.9 Å². The Kier molecular flexibility index (Phi) is 6.22. The molecule has 4 aliphatic rings. The molecule has 2 aromatic carbocycles. The van der Waals surface area contributed by atoms with Crippen LogP contribution in [0.5, 0.6) is 6.01 Å². The largest absolute Gasteiger partial charge is 0.461 e. The minimum atomic E-state index is -2.56. The highest BCUT2D eigenvalue weighted by atomic mass is 19.1. The predicted molar refractivity (Wildman–Crippen MR) is 161 cm³/mol. The van der Waals surface area contributed by atoms with Gasteiger partial charge < -0.3 is 20.1 Å². The summed E-state index contributed by atoms with van der Waals surface area (Å²) in [6, 6.07) is 3.88. The molecule has 13 heteroatoms. The van der Waals surface area contributed by atoms with Crippen LogP contribution in [-0.2, 0) is 4.74 Å². The van der Waals surface area contributed by atoms with Crippen molar-refractivity contribution in [2.75, 3.05) is 50.0 Å². The number of terminal acetylenes is 1. The van der Waals surface area contributed by atoms with Gasteiger partial charge in [-0.1, -0.05) is 12.0 Å². The Bertz CT molecular complexity index is 2050. The molecule has 5 atom stereocenters. The number of fused-ring (bicyclic) bond motifs is 4. The van der Waals surface area contributed by atoms with Gasteiger partial charge in [-0.3, -0.25) is 4.90 Å². The van der Waals surface area contributed by atoms with Crippen molar-refractivity contribution in [1.82, 2.24) is 19.9 Å². The Morgan fingerprint density at radius 2 is 2.00 bits per heavy atom. The zero-order chi connectivity index (χ0) is 33.7. The van der Waals surface area contributed by atoms with E-state index in [0.717, 1.165) is 6.07 Å². The Balaban J connectivity index is 1.35. The first kappa shape index (κ1) is 26.9. The third-order valence-electron chi connectivity index (χ3n) is 9.58. The van der Waals surface area contributed by atoms with Crippen LogP contribution in [0.4, 0.5) is 33.5 Å². The first-order valence-electron chi connectivity index (χ1n) is 16.1. The number of aromatic nitrogens is 3. The summed E-state index contributed by atoms with van der Waals surface area (Å²) < 4.78 is 107. The number of hydrogen-bond donors (Lipinski definition) is 1. The second kappa shape index (κ2) is 10.6. The molecular formula is C33H29F5N6O2. The fourth-order valence-corrected chi connectivity index (χ4v) is 7.40. The summed E-state index contributed by atoms with van der Waals surface area (Å²) in [7, 11) is 0. The molecule has 0 radical (unpaired) electrons. The van der Waals surface area contributed by atoms with Crippen LogP contribution in [0.15, 0.2) is 24.3 Å². The number of halogens is 5. The highest BCUT2D eigenvalue weighted by molar-refractivity contribution is 6.04. The molecule has 0 spiro atoms. The van der Waals surface area contributed by atoms with E-state index in [4.69, 9.17) is 24.4 Å². The monoisotopic (exact) mass is 638 g/mol. The van der Waals surface area contributed by atoms with Crippen molar-refractivity contribution >= 4 is 33.2 Å². The summed E-state index contributed by atoms with van der Waals surface area (Å²) in [6.07, 6.45) is 3.77. The molecular weight excluding hydrogens is 607 g/mol. The van der Waals surface area contributed by atoms with E-state index in [1.807, 2.05) is 0 Å². The normalized spacial score (nSPS) is 28.4. The summed E-state index contributed by atoms with van der Waals surface area (Å²) in [6.45, 7) is -1.76. The number of pyridine rings is 1. The Morgan fingerprint density at radius 1 is 1.15 bits per heavy atom. The molecule has 238 valence electrons. The van der Waals surface area contributed by atoms with Crippen molar-refractivity contribution in [3.8, 4) is 29.6 Å². The van der Waals surface area contributed by atoms with Gasteiger partial charge >= 0.3 is 6.01 Å². The van der Waals surface area contributed by atoms with E-state index in [2.05, 4.69) is 20.9 Å². The topological polar surface area (TPSA) is 89.6 Å². The van der Waals surface area contributed by atoms with Gasteiger partial charge in [-0.15, -0.1) is 6.42 Å². The number of nitrogen functional groups attached to an aromatic ring is 1. The van der Waals surface area contributed by atoms with E-state index >= 15 is 8.78 Å². The molecule has 8 rings (SSSR count). The highest BCUT2D eigenvalue weighted by Crippen LogP contribution is 2.46. The van der Waals surface area contributed by atoms with Crippen LogP contribution in [0.1, 0.15) is 27.6 Å². The van der Waals surface area contributed by atoms with Gasteiger partial charge in [-0.2, -0.15) is 14.4 Å². The second-order valence-electron chi connectivity index (χ2n) is 12.3. The number of benzene rings is 2. The van der Waals surface area contributed by atoms with Crippen molar-refractivity contribution < 1.29 is 34.2 Å². The van der Waals surface area contributed by atoms with E-state index in [0.29, 0.717) is 24.8 Å². The molecule has 0 unspecified atom stereocenters. The second-order valence-corrected chi connectivity index (χ2v) is 12.3. The van der Waals surface area contributed by atoms with Crippen molar-refractivity contribution in [2.45, 2.75) is 43.2 Å². The molecule has 0 amide bonds. The zero-order valence-corrected chi connectivity index (χ0v) is 24.4. The van der Waals surface area contributed by atoms with Gasteiger partial charge in [0.15, 0.2) is 5.82 Å².